The van der Waals surface area contributed by atoms with Crippen molar-refractivity contribution < 1.29 is 4.79 Å². The van der Waals surface area contributed by atoms with E-state index in [-0.39, 0.29) is 11.9 Å². The van der Waals surface area contributed by atoms with Crippen molar-refractivity contribution in [1.29, 1.82) is 0 Å². The van der Waals surface area contributed by atoms with Crippen molar-refractivity contribution in [3.63, 3.8) is 0 Å². The molecule has 0 bridgehead atoms. The Morgan fingerprint density at radius 2 is 1.83 bits per heavy atom. The molecule has 4 heteroatoms. The Morgan fingerprint density at radius 3 is 2.33 bits per heavy atom. The minimum absolute atomic E-state index is 0.151. The third-order valence-corrected chi connectivity index (χ3v) is 3.67. The zero-order valence-electron chi connectivity index (χ0n) is 12.5. The van der Waals surface area contributed by atoms with Crippen LogP contribution in [0, 0.1) is 5.92 Å². The highest BCUT2D eigenvalue weighted by molar-refractivity contribution is 5.85. The van der Waals surface area contributed by atoms with Gasteiger partial charge in [-0.1, -0.05) is 13.8 Å². The monoisotopic (exact) mass is 255 g/mol. The van der Waals surface area contributed by atoms with Crippen molar-refractivity contribution in [1.82, 2.24) is 15.5 Å². The molecule has 1 atom stereocenters. The summed E-state index contributed by atoms with van der Waals surface area (Å²) in [4.78, 5) is 14.6. The van der Waals surface area contributed by atoms with Crippen LogP contribution in [0.2, 0.25) is 0 Å². The topological polar surface area (TPSA) is 44.4 Å². The van der Waals surface area contributed by atoms with Crippen LogP contribution in [-0.4, -0.2) is 48.6 Å². The number of nitrogens with zero attached hydrogens (tertiary/aromatic N) is 1. The maximum atomic E-state index is 12.4. The van der Waals surface area contributed by atoms with Gasteiger partial charge in [0.25, 0.3) is 0 Å². The van der Waals surface area contributed by atoms with Crippen LogP contribution in [0.15, 0.2) is 0 Å². The molecule has 0 aliphatic carbocycles. The Labute approximate surface area is 111 Å². The van der Waals surface area contributed by atoms with E-state index < -0.39 is 5.54 Å². The maximum Gasteiger partial charge on any atom is 0.240 e. The lowest BCUT2D eigenvalue weighted by atomic mass is 9.98. The van der Waals surface area contributed by atoms with Gasteiger partial charge in [0.1, 0.15) is 0 Å². The predicted octanol–water partition coefficient (Wildman–Crippen LogP) is 1.22. The summed E-state index contributed by atoms with van der Waals surface area (Å²) in [6.45, 7) is 14.3. The second-order valence-electron chi connectivity index (χ2n) is 6.30. The highest BCUT2D eigenvalue weighted by atomic mass is 16.2. The third-order valence-electron chi connectivity index (χ3n) is 3.67. The minimum atomic E-state index is -0.409. The Kier molecular flexibility index (Phi) is 5.60. The first kappa shape index (κ1) is 15.4. The fraction of sp³-hybridized carbons (Fsp3) is 0.929. The van der Waals surface area contributed by atoms with Crippen molar-refractivity contribution in [3.05, 3.63) is 0 Å². The fourth-order valence-corrected chi connectivity index (χ4v) is 2.53. The van der Waals surface area contributed by atoms with Crippen LogP contribution < -0.4 is 10.6 Å². The molecule has 1 rings (SSSR count). The lowest BCUT2D eigenvalue weighted by Crippen LogP contribution is -2.60. The molecule has 0 aromatic heterocycles. The number of nitrogens with one attached hydrogen (secondary N) is 2. The quantitative estimate of drug-likeness (QED) is 0.776. The van der Waals surface area contributed by atoms with Crippen LogP contribution in [0.5, 0.6) is 0 Å². The largest absolute Gasteiger partial charge is 0.352 e. The van der Waals surface area contributed by atoms with Crippen molar-refractivity contribution in [2.24, 2.45) is 5.92 Å². The van der Waals surface area contributed by atoms with Crippen LogP contribution in [0.4, 0.5) is 0 Å². The Balaban J connectivity index is 2.52. The molecule has 1 heterocycles. The van der Waals surface area contributed by atoms with Gasteiger partial charge in [-0.2, -0.15) is 0 Å². The van der Waals surface area contributed by atoms with Gasteiger partial charge in [-0.15, -0.1) is 0 Å². The Bertz CT molecular complexity index is 270. The van der Waals surface area contributed by atoms with E-state index >= 15 is 0 Å². The number of rotatable bonds is 5. The molecular formula is C14H29N3O. The van der Waals surface area contributed by atoms with E-state index in [9.17, 15) is 4.79 Å². The Hall–Kier alpha value is -0.610. The molecule has 1 unspecified atom stereocenters. The molecular weight excluding hydrogens is 226 g/mol. The first-order valence-corrected chi connectivity index (χ1v) is 7.10. The standard InChI is InChI=1S/C14H29N3O/c1-11(2)10-12(3)16-13(18)14(4,5)17-8-6-15-7-9-17/h11-12,15H,6-10H2,1-5H3,(H,16,18). The van der Waals surface area contributed by atoms with Crippen molar-refractivity contribution in [2.75, 3.05) is 26.2 Å². The van der Waals surface area contributed by atoms with E-state index in [0.29, 0.717) is 5.92 Å². The minimum Gasteiger partial charge on any atom is -0.352 e. The van der Waals surface area contributed by atoms with Crippen molar-refractivity contribution in [3.8, 4) is 0 Å². The molecule has 0 aromatic rings. The summed E-state index contributed by atoms with van der Waals surface area (Å²) in [5.74, 6) is 0.764. The van der Waals surface area contributed by atoms with Gasteiger partial charge in [0.2, 0.25) is 5.91 Å². The summed E-state index contributed by atoms with van der Waals surface area (Å²) < 4.78 is 0. The molecule has 1 aliphatic heterocycles. The molecule has 0 spiro atoms. The van der Waals surface area contributed by atoms with E-state index in [2.05, 4.69) is 36.3 Å². The summed E-state index contributed by atoms with van der Waals surface area (Å²) in [5.41, 5.74) is -0.409. The van der Waals surface area contributed by atoms with Crippen LogP contribution >= 0.6 is 0 Å². The van der Waals surface area contributed by atoms with Gasteiger partial charge in [-0.3, -0.25) is 9.69 Å². The summed E-state index contributed by atoms with van der Waals surface area (Å²) in [6.07, 6.45) is 1.03. The van der Waals surface area contributed by atoms with E-state index in [1.54, 1.807) is 0 Å². The normalized spacial score (nSPS) is 19.9. The van der Waals surface area contributed by atoms with Crippen molar-refractivity contribution >= 4 is 5.91 Å². The van der Waals surface area contributed by atoms with Gasteiger partial charge in [-0.25, -0.2) is 0 Å². The van der Waals surface area contributed by atoms with Gasteiger partial charge in [-0.05, 0) is 33.1 Å². The summed E-state index contributed by atoms with van der Waals surface area (Å²) >= 11 is 0. The molecule has 1 amide bonds. The average molecular weight is 255 g/mol. The summed E-state index contributed by atoms with van der Waals surface area (Å²) in [5, 5.41) is 6.47. The number of carbonyl (C=O) groups excluding carboxylic acids is 1. The molecule has 4 nitrogen and oxygen atoms in total. The second kappa shape index (κ2) is 6.53. The zero-order valence-corrected chi connectivity index (χ0v) is 12.5. The fourth-order valence-electron chi connectivity index (χ4n) is 2.53. The zero-order chi connectivity index (χ0) is 13.8. The van der Waals surface area contributed by atoms with Crippen molar-refractivity contribution in [2.45, 2.75) is 52.6 Å². The lowest BCUT2D eigenvalue weighted by Gasteiger charge is -2.40. The van der Waals surface area contributed by atoms with Crippen LogP contribution in [0.25, 0.3) is 0 Å². The third kappa shape index (κ3) is 4.25. The number of amides is 1. The molecule has 2 N–H and O–H groups in total. The van der Waals surface area contributed by atoms with Crippen LogP contribution in [0.1, 0.15) is 41.0 Å². The van der Waals surface area contributed by atoms with Gasteiger partial charge in [0, 0.05) is 32.2 Å². The van der Waals surface area contributed by atoms with Gasteiger partial charge in [0.15, 0.2) is 0 Å². The van der Waals surface area contributed by atoms with E-state index in [1.807, 2.05) is 13.8 Å². The number of hydrogen-bond donors (Lipinski definition) is 2. The highest BCUT2D eigenvalue weighted by Crippen LogP contribution is 2.16. The van der Waals surface area contributed by atoms with Gasteiger partial charge < -0.3 is 10.6 Å². The Morgan fingerprint density at radius 1 is 1.28 bits per heavy atom. The predicted molar refractivity (Wildman–Crippen MR) is 75.6 cm³/mol. The van der Waals surface area contributed by atoms with Gasteiger partial charge >= 0.3 is 0 Å². The number of hydrogen-bond acceptors (Lipinski definition) is 3. The first-order valence-electron chi connectivity index (χ1n) is 7.10. The molecule has 1 saturated heterocycles. The molecule has 1 fully saturated rings. The average Bonchev–Trinajstić information content (AvgIpc) is 2.28. The van der Waals surface area contributed by atoms with Crippen LogP contribution in [0.3, 0.4) is 0 Å². The molecule has 106 valence electrons. The summed E-state index contributed by atoms with van der Waals surface area (Å²) in [6, 6.07) is 0.250. The smallest absolute Gasteiger partial charge is 0.240 e. The van der Waals surface area contributed by atoms with E-state index in [4.69, 9.17) is 0 Å². The summed E-state index contributed by atoms with van der Waals surface area (Å²) in [7, 11) is 0. The number of carbonyl (C=O) groups is 1. The highest BCUT2D eigenvalue weighted by Gasteiger charge is 2.35. The van der Waals surface area contributed by atoms with Gasteiger partial charge in [0.05, 0.1) is 5.54 Å². The molecule has 18 heavy (non-hydrogen) atoms. The molecule has 0 radical (unpaired) electrons. The SMILES string of the molecule is CC(C)CC(C)NC(=O)C(C)(C)N1CCNCC1. The maximum absolute atomic E-state index is 12.4. The molecule has 1 aliphatic rings. The second-order valence-corrected chi connectivity index (χ2v) is 6.30. The number of piperazine rings is 1. The first-order chi connectivity index (χ1) is 8.34. The van der Waals surface area contributed by atoms with E-state index in [1.165, 1.54) is 0 Å². The van der Waals surface area contributed by atoms with Crippen LogP contribution in [-0.2, 0) is 4.79 Å². The molecule has 0 saturated carbocycles. The lowest BCUT2D eigenvalue weighted by molar-refractivity contribution is -0.132. The van der Waals surface area contributed by atoms with E-state index in [0.717, 1.165) is 32.6 Å². The molecule has 0 aromatic carbocycles.